The highest BCUT2D eigenvalue weighted by Crippen LogP contribution is 2.28. The molecule has 0 spiro atoms. The normalized spacial score (nSPS) is 19.9. The lowest BCUT2D eigenvalue weighted by Gasteiger charge is -2.18. The molecule has 0 radical (unpaired) electrons. The lowest BCUT2D eigenvalue weighted by atomic mass is 10.0. The van der Waals surface area contributed by atoms with E-state index in [1.54, 1.807) is 0 Å². The number of halogens is 1. The smallest absolute Gasteiger partial charge is 0.180 e. The van der Waals surface area contributed by atoms with Crippen LogP contribution >= 0.6 is 15.9 Å². The van der Waals surface area contributed by atoms with Crippen LogP contribution < -0.4 is 4.90 Å². The lowest BCUT2D eigenvalue weighted by molar-refractivity contribution is 0.529. The third-order valence-electron chi connectivity index (χ3n) is 3.61. The molecule has 3 heterocycles. The summed E-state index contributed by atoms with van der Waals surface area (Å²) in [6.07, 6.45) is 9.59. The number of nitrogens with zero attached hydrogens (tertiary/aromatic N) is 4. The molecule has 0 aromatic carbocycles. The van der Waals surface area contributed by atoms with E-state index in [0.29, 0.717) is 0 Å². The van der Waals surface area contributed by atoms with Crippen LogP contribution in [0.15, 0.2) is 23.2 Å². The summed E-state index contributed by atoms with van der Waals surface area (Å²) in [6.45, 7) is 4.46. The Kier molecular flexibility index (Phi) is 3.24. The van der Waals surface area contributed by atoms with Crippen molar-refractivity contribution < 1.29 is 0 Å². The number of fused-ring (bicyclic) bond motifs is 1. The Bertz CT molecular complexity index is 551. The van der Waals surface area contributed by atoms with Gasteiger partial charge in [-0.1, -0.05) is 13.3 Å². The van der Waals surface area contributed by atoms with E-state index < -0.39 is 0 Å². The van der Waals surface area contributed by atoms with Gasteiger partial charge in [-0.25, -0.2) is 9.97 Å². The highest BCUT2D eigenvalue weighted by atomic mass is 79.9. The van der Waals surface area contributed by atoms with Gasteiger partial charge in [0.25, 0.3) is 0 Å². The van der Waals surface area contributed by atoms with Crippen LogP contribution in [-0.2, 0) is 0 Å². The number of hydrogen-bond acceptors (Lipinski definition) is 3. The Morgan fingerprint density at radius 3 is 3.22 bits per heavy atom. The SMILES string of the molecule is CCCC1CCN(c2nc(Br)cn3ccnc23)C1. The predicted molar refractivity (Wildman–Crippen MR) is 75.9 cm³/mol. The van der Waals surface area contributed by atoms with Gasteiger partial charge < -0.3 is 9.30 Å². The van der Waals surface area contributed by atoms with Crippen LogP contribution in [0.3, 0.4) is 0 Å². The van der Waals surface area contributed by atoms with Gasteiger partial charge in [-0.2, -0.15) is 0 Å². The molecule has 1 saturated heterocycles. The average Bonchev–Trinajstić information content (AvgIpc) is 2.96. The molecule has 0 N–H and O–H groups in total. The molecule has 0 aliphatic carbocycles. The standard InChI is InChI=1S/C13H17BrN4/c1-2-3-10-4-6-17(8-10)13-12-15-5-7-18(12)9-11(14)16-13/h5,7,9-10H,2-4,6,8H2,1H3. The highest BCUT2D eigenvalue weighted by molar-refractivity contribution is 9.10. The predicted octanol–water partition coefficient (Wildman–Crippen LogP) is 3.12. The molecule has 0 amide bonds. The minimum absolute atomic E-state index is 0.811. The molecule has 4 nitrogen and oxygen atoms in total. The molecule has 1 atom stereocenters. The molecular formula is C13H17BrN4. The van der Waals surface area contributed by atoms with Gasteiger partial charge in [0.05, 0.1) is 0 Å². The van der Waals surface area contributed by atoms with Gasteiger partial charge in [0.2, 0.25) is 0 Å². The van der Waals surface area contributed by atoms with Crippen LogP contribution in [0.5, 0.6) is 0 Å². The first-order valence-electron chi connectivity index (χ1n) is 6.52. The van der Waals surface area contributed by atoms with Crippen LogP contribution in [0.25, 0.3) is 5.65 Å². The second kappa shape index (κ2) is 4.88. The Balaban J connectivity index is 1.92. The van der Waals surface area contributed by atoms with Crippen LogP contribution in [0.4, 0.5) is 5.82 Å². The number of aromatic nitrogens is 3. The molecule has 3 rings (SSSR count). The van der Waals surface area contributed by atoms with Crippen molar-refractivity contribution in [1.29, 1.82) is 0 Å². The molecule has 5 heteroatoms. The summed E-state index contributed by atoms with van der Waals surface area (Å²) in [7, 11) is 0. The number of rotatable bonds is 3. The Morgan fingerprint density at radius 2 is 2.39 bits per heavy atom. The van der Waals surface area contributed by atoms with E-state index in [4.69, 9.17) is 0 Å². The summed E-state index contributed by atoms with van der Waals surface area (Å²) < 4.78 is 2.89. The fraction of sp³-hybridized carbons (Fsp3) is 0.538. The van der Waals surface area contributed by atoms with Crippen molar-refractivity contribution in [2.24, 2.45) is 5.92 Å². The zero-order chi connectivity index (χ0) is 12.5. The molecule has 0 bridgehead atoms. The van der Waals surface area contributed by atoms with E-state index in [2.05, 4.69) is 37.7 Å². The third-order valence-corrected chi connectivity index (χ3v) is 3.99. The van der Waals surface area contributed by atoms with Crippen molar-refractivity contribution in [2.75, 3.05) is 18.0 Å². The van der Waals surface area contributed by atoms with E-state index >= 15 is 0 Å². The zero-order valence-electron chi connectivity index (χ0n) is 10.5. The first-order valence-corrected chi connectivity index (χ1v) is 7.31. The number of anilines is 1. The summed E-state index contributed by atoms with van der Waals surface area (Å²) in [5, 5.41) is 0. The van der Waals surface area contributed by atoms with Crippen molar-refractivity contribution in [1.82, 2.24) is 14.4 Å². The summed E-state index contributed by atoms with van der Waals surface area (Å²) in [5.41, 5.74) is 0.954. The van der Waals surface area contributed by atoms with Crippen molar-refractivity contribution in [3.05, 3.63) is 23.2 Å². The van der Waals surface area contributed by atoms with Gasteiger partial charge in [0.15, 0.2) is 11.5 Å². The van der Waals surface area contributed by atoms with Crippen LogP contribution in [0.1, 0.15) is 26.2 Å². The molecule has 1 fully saturated rings. The Labute approximate surface area is 115 Å². The fourth-order valence-corrected chi connectivity index (χ4v) is 3.15. The maximum atomic E-state index is 4.61. The molecule has 96 valence electrons. The van der Waals surface area contributed by atoms with Crippen molar-refractivity contribution in [3.63, 3.8) is 0 Å². The zero-order valence-corrected chi connectivity index (χ0v) is 12.1. The number of hydrogen-bond donors (Lipinski definition) is 0. The summed E-state index contributed by atoms with van der Waals surface area (Å²) in [4.78, 5) is 11.4. The second-order valence-electron chi connectivity index (χ2n) is 4.93. The van der Waals surface area contributed by atoms with Gasteiger partial charge in [0, 0.05) is 31.7 Å². The monoisotopic (exact) mass is 308 g/mol. The maximum Gasteiger partial charge on any atom is 0.180 e. The molecule has 1 aliphatic rings. The molecule has 1 aliphatic heterocycles. The molecule has 1 unspecified atom stereocenters. The molecule has 2 aromatic heterocycles. The first-order chi connectivity index (χ1) is 8.78. The van der Waals surface area contributed by atoms with Crippen molar-refractivity contribution in [2.45, 2.75) is 26.2 Å². The largest absolute Gasteiger partial charge is 0.353 e. The Hall–Kier alpha value is -1.10. The van der Waals surface area contributed by atoms with Crippen LogP contribution in [-0.4, -0.2) is 27.5 Å². The van der Waals surface area contributed by atoms with E-state index in [-0.39, 0.29) is 0 Å². The van der Waals surface area contributed by atoms with E-state index in [1.807, 2.05) is 23.0 Å². The van der Waals surface area contributed by atoms with Gasteiger partial charge in [0.1, 0.15) is 4.60 Å². The third kappa shape index (κ3) is 2.11. The van der Waals surface area contributed by atoms with Crippen molar-refractivity contribution >= 4 is 27.4 Å². The highest BCUT2D eigenvalue weighted by Gasteiger charge is 2.25. The summed E-state index contributed by atoms with van der Waals surface area (Å²) in [5.74, 6) is 1.82. The van der Waals surface area contributed by atoms with Gasteiger partial charge in [-0.3, -0.25) is 0 Å². The van der Waals surface area contributed by atoms with Crippen LogP contribution in [0, 0.1) is 5.92 Å². The molecule has 0 saturated carbocycles. The van der Waals surface area contributed by atoms with Gasteiger partial charge in [-0.05, 0) is 34.7 Å². The summed E-state index contributed by atoms with van der Waals surface area (Å²) in [6, 6.07) is 0. The lowest BCUT2D eigenvalue weighted by Crippen LogP contribution is -2.22. The minimum atomic E-state index is 0.811. The maximum absolute atomic E-state index is 4.61. The minimum Gasteiger partial charge on any atom is -0.353 e. The quantitative estimate of drug-likeness (QED) is 0.873. The van der Waals surface area contributed by atoms with Gasteiger partial charge in [-0.15, -0.1) is 0 Å². The summed E-state index contributed by atoms with van der Waals surface area (Å²) >= 11 is 3.47. The number of imidazole rings is 1. The van der Waals surface area contributed by atoms with Crippen molar-refractivity contribution in [3.8, 4) is 0 Å². The average molecular weight is 309 g/mol. The van der Waals surface area contributed by atoms with E-state index in [9.17, 15) is 0 Å². The second-order valence-corrected chi connectivity index (χ2v) is 5.75. The molecule has 2 aromatic rings. The first kappa shape index (κ1) is 12.0. The Morgan fingerprint density at radius 1 is 1.50 bits per heavy atom. The van der Waals surface area contributed by atoms with E-state index in [0.717, 1.165) is 35.1 Å². The topological polar surface area (TPSA) is 33.4 Å². The van der Waals surface area contributed by atoms with Gasteiger partial charge >= 0.3 is 0 Å². The van der Waals surface area contributed by atoms with E-state index in [1.165, 1.54) is 19.3 Å². The fourth-order valence-electron chi connectivity index (χ4n) is 2.77. The molecular weight excluding hydrogens is 292 g/mol. The van der Waals surface area contributed by atoms with Crippen LogP contribution in [0.2, 0.25) is 0 Å². The molecule has 18 heavy (non-hydrogen) atoms.